The Morgan fingerprint density at radius 1 is 1.06 bits per heavy atom. The number of carbonyl (C=O) groups excluding carboxylic acids is 4. The van der Waals surface area contributed by atoms with Gasteiger partial charge in [-0.05, 0) is 42.7 Å². The van der Waals surface area contributed by atoms with Crippen molar-refractivity contribution in [3.05, 3.63) is 35.9 Å². The molecule has 7 aliphatic rings. The second-order valence-electron chi connectivity index (χ2n) is 12.6. The lowest BCUT2D eigenvalue weighted by Gasteiger charge is -2.66. The summed E-state index contributed by atoms with van der Waals surface area (Å²) >= 11 is 0. The number of carbonyl (C=O) groups is 4. The first kappa shape index (κ1) is 22.3. The fraction of sp³-hybridized carbons (Fsp3) is 0.630. The molecule has 9 nitrogen and oxygen atoms in total. The van der Waals surface area contributed by atoms with Gasteiger partial charge in [0.15, 0.2) is 12.3 Å². The molecule has 3 heterocycles. The SMILES string of the molecule is CC(C)(C)[C@]1(O)C[C@@H]2OC(=O)C[C@@]23C(=O)O[C@@H]2N(C45CC(C4)C5)C(=O)[C@H](OC(=O)c4ccccc4)[C@]213. The Hall–Kier alpha value is -2.94. The quantitative estimate of drug-likeness (QED) is 0.499. The Bertz CT molecular complexity index is 1220. The van der Waals surface area contributed by atoms with Crippen LogP contribution in [-0.2, 0) is 28.6 Å². The summed E-state index contributed by atoms with van der Waals surface area (Å²) < 4.78 is 17.7. The zero-order valence-corrected chi connectivity index (χ0v) is 20.5. The van der Waals surface area contributed by atoms with Crippen molar-refractivity contribution < 1.29 is 38.5 Å². The van der Waals surface area contributed by atoms with E-state index in [1.165, 1.54) is 0 Å². The third kappa shape index (κ3) is 2.12. The third-order valence-electron chi connectivity index (χ3n) is 10.2. The van der Waals surface area contributed by atoms with E-state index in [4.69, 9.17) is 14.2 Å². The number of rotatable bonds is 3. The number of nitrogens with zero attached hydrogens (tertiary/aromatic N) is 1. The molecule has 6 atom stereocenters. The van der Waals surface area contributed by atoms with Crippen molar-refractivity contribution in [3.63, 3.8) is 0 Å². The molecular formula is C27H29NO8. The van der Waals surface area contributed by atoms with Crippen LogP contribution in [0.25, 0.3) is 0 Å². The average molecular weight is 496 g/mol. The van der Waals surface area contributed by atoms with Crippen molar-refractivity contribution in [2.24, 2.45) is 22.2 Å². The Balaban J connectivity index is 1.46. The highest BCUT2D eigenvalue weighted by Gasteiger charge is 2.95. The molecule has 2 bridgehead atoms. The summed E-state index contributed by atoms with van der Waals surface area (Å²) in [6, 6.07) is 8.30. The van der Waals surface area contributed by atoms with Crippen LogP contribution in [0, 0.1) is 22.2 Å². The summed E-state index contributed by atoms with van der Waals surface area (Å²) in [6.07, 6.45) is -1.70. The van der Waals surface area contributed by atoms with Gasteiger partial charge in [-0.2, -0.15) is 0 Å². The van der Waals surface area contributed by atoms with E-state index in [1.54, 1.807) is 35.2 Å². The van der Waals surface area contributed by atoms with Crippen LogP contribution >= 0.6 is 0 Å². The summed E-state index contributed by atoms with van der Waals surface area (Å²) in [5, 5.41) is 12.6. The molecule has 0 aromatic heterocycles. The molecule has 190 valence electrons. The fourth-order valence-electron chi connectivity index (χ4n) is 8.48. The molecule has 0 unspecified atom stereocenters. The van der Waals surface area contributed by atoms with Crippen molar-refractivity contribution in [1.82, 2.24) is 4.90 Å². The molecule has 1 amide bonds. The van der Waals surface area contributed by atoms with Crippen LogP contribution in [0.5, 0.6) is 0 Å². The maximum absolute atomic E-state index is 14.3. The number of amides is 1. The standard InChI is InChI=1S/C27H29NO8/c1-23(2,3)26(33)12-16-25(13-17(29)34-16)22(32)36-21-27(25,26)18(35-20(31)15-7-5-4-6-8-15)19(30)28(21)24-9-14(10-24)11-24/h4-8,14,16,18,21,33H,9-13H2,1-3H3/t14?,16-,18-,21-,24?,25-,26+,27+/m0/s1. The summed E-state index contributed by atoms with van der Waals surface area (Å²) in [7, 11) is 0. The van der Waals surface area contributed by atoms with E-state index in [1.807, 2.05) is 20.8 Å². The summed E-state index contributed by atoms with van der Waals surface area (Å²) in [5.74, 6) is -1.95. The van der Waals surface area contributed by atoms with Gasteiger partial charge in [-0.1, -0.05) is 39.0 Å². The third-order valence-corrected chi connectivity index (χ3v) is 10.2. The van der Waals surface area contributed by atoms with E-state index in [-0.39, 0.29) is 18.4 Å². The molecular weight excluding hydrogens is 466 g/mol. The first-order valence-corrected chi connectivity index (χ1v) is 12.6. The highest BCUT2D eigenvalue weighted by atomic mass is 16.6. The predicted molar refractivity (Wildman–Crippen MR) is 121 cm³/mol. The van der Waals surface area contributed by atoms with Gasteiger partial charge in [0.2, 0.25) is 0 Å². The molecule has 7 fully saturated rings. The zero-order chi connectivity index (χ0) is 25.5. The molecule has 4 aliphatic carbocycles. The monoisotopic (exact) mass is 495 g/mol. The van der Waals surface area contributed by atoms with E-state index in [0.717, 1.165) is 19.3 Å². The van der Waals surface area contributed by atoms with Crippen molar-refractivity contribution >= 4 is 23.8 Å². The van der Waals surface area contributed by atoms with Gasteiger partial charge in [0, 0.05) is 12.0 Å². The second kappa shape index (κ2) is 6.30. The van der Waals surface area contributed by atoms with Gasteiger partial charge in [0.05, 0.1) is 17.6 Å². The van der Waals surface area contributed by atoms with E-state index in [0.29, 0.717) is 5.92 Å². The largest absolute Gasteiger partial charge is 0.461 e. The number of esters is 3. The minimum atomic E-state index is -1.72. The van der Waals surface area contributed by atoms with Crippen LogP contribution in [-0.4, -0.2) is 63.4 Å². The van der Waals surface area contributed by atoms with E-state index >= 15 is 0 Å². The Morgan fingerprint density at radius 2 is 1.72 bits per heavy atom. The molecule has 3 saturated heterocycles. The number of ether oxygens (including phenoxy) is 3. The summed E-state index contributed by atoms with van der Waals surface area (Å²) in [4.78, 5) is 55.7. The fourth-order valence-corrected chi connectivity index (χ4v) is 8.48. The van der Waals surface area contributed by atoms with Crippen molar-refractivity contribution in [3.8, 4) is 0 Å². The average Bonchev–Trinajstić information content (AvgIpc) is 3.36. The van der Waals surface area contributed by atoms with Gasteiger partial charge < -0.3 is 19.3 Å². The van der Waals surface area contributed by atoms with E-state index < -0.39 is 69.6 Å². The van der Waals surface area contributed by atoms with Gasteiger partial charge in [0.1, 0.15) is 16.9 Å². The summed E-state index contributed by atoms with van der Waals surface area (Å²) in [5.41, 5.74) is -6.18. The van der Waals surface area contributed by atoms with Crippen LogP contribution in [0.2, 0.25) is 0 Å². The zero-order valence-electron chi connectivity index (χ0n) is 20.5. The van der Waals surface area contributed by atoms with Crippen LogP contribution in [0.4, 0.5) is 0 Å². The molecule has 4 saturated carbocycles. The minimum Gasteiger partial charge on any atom is -0.461 e. The van der Waals surface area contributed by atoms with Crippen LogP contribution < -0.4 is 0 Å². The smallest absolute Gasteiger partial charge is 0.338 e. The lowest BCUT2D eigenvalue weighted by molar-refractivity contribution is -0.236. The van der Waals surface area contributed by atoms with Gasteiger partial charge in [-0.25, -0.2) is 4.79 Å². The van der Waals surface area contributed by atoms with Crippen molar-refractivity contribution in [2.75, 3.05) is 0 Å². The minimum absolute atomic E-state index is 0.0516. The topological polar surface area (TPSA) is 119 Å². The normalized spacial score (nSPS) is 45.8. The molecule has 0 radical (unpaired) electrons. The van der Waals surface area contributed by atoms with Gasteiger partial charge in [0.25, 0.3) is 5.91 Å². The number of hydrogen-bond donors (Lipinski definition) is 1. The molecule has 8 rings (SSSR count). The Kier molecular flexibility index (Phi) is 3.90. The van der Waals surface area contributed by atoms with Crippen molar-refractivity contribution in [1.29, 1.82) is 0 Å². The molecule has 36 heavy (non-hydrogen) atoms. The molecule has 2 spiro atoms. The lowest BCUT2D eigenvalue weighted by atomic mass is 9.48. The van der Waals surface area contributed by atoms with Gasteiger partial charge in [-0.15, -0.1) is 0 Å². The number of likely N-dealkylation sites (tertiary alicyclic amines) is 1. The maximum Gasteiger partial charge on any atom is 0.338 e. The molecule has 9 heteroatoms. The van der Waals surface area contributed by atoms with Crippen LogP contribution in [0.1, 0.15) is 63.2 Å². The number of benzene rings is 1. The van der Waals surface area contributed by atoms with Gasteiger partial charge in [-0.3, -0.25) is 19.3 Å². The van der Waals surface area contributed by atoms with E-state index in [9.17, 15) is 24.3 Å². The molecule has 1 N–H and O–H groups in total. The molecule has 1 aromatic carbocycles. The molecule has 1 aromatic rings. The second-order valence-corrected chi connectivity index (χ2v) is 12.6. The first-order valence-electron chi connectivity index (χ1n) is 12.6. The lowest BCUT2D eigenvalue weighted by Crippen LogP contribution is -2.72. The van der Waals surface area contributed by atoms with Crippen molar-refractivity contribution in [2.45, 2.75) is 82.5 Å². The Labute approximate surface area is 208 Å². The number of hydrogen-bond acceptors (Lipinski definition) is 8. The van der Waals surface area contributed by atoms with Gasteiger partial charge >= 0.3 is 17.9 Å². The Morgan fingerprint density at radius 3 is 2.31 bits per heavy atom. The predicted octanol–water partition coefficient (Wildman–Crippen LogP) is 1.96. The number of aliphatic hydroxyl groups is 1. The first-order chi connectivity index (χ1) is 16.9. The van der Waals surface area contributed by atoms with E-state index in [2.05, 4.69) is 0 Å². The molecule has 3 aliphatic heterocycles. The summed E-state index contributed by atoms with van der Waals surface area (Å²) in [6.45, 7) is 5.47. The van der Waals surface area contributed by atoms with Crippen LogP contribution in [0.3, 0.4) is 0 Å². The maximum atomic E-state index is 14.3. The highest BCUT2D eigenvalue weighted by molar-refractivity contribution is 5.99. The van der Waals surface area contributed by atoms with Crippen LogP contribution in [0.15, 0.2) is 30.3 Å². The highest BCUT2D eigenvalue weighted by Crippen LogP contribution is 2.78.